The second kappa shape index (κ2) is 9.04. The van der Waals surface area contributed by atoms with E-state index in [-0.39, 0.29) is 0 Å². The molecule has 1 aliphatic rings. The minimum atomic E-state index is 0.549. The predicted octanol–water partition coefficient (Wildman–Crippen LogP) is 4.30. The van der Waals surface area contributed by atoms with E-state index in [1.807, 2.05) is 0 Å². The molecule has 0 saturated heterocycles. The van der Waals surface area contributed by atoms with Crippen molar-refractivity contribution in [2.45, 2.75) is 79.2 Å². The van der Waals surface area contributed by atoms with Crippen LogP contribution in [-0.2, 0) is 0 Å². The second-order valence-corrected chi connectivity index (χ2v) is 7.23. The van der Waals surface area contributed by atoms with E-state index in [1.165, 1.54) is 64.7 Å². The third-order valence-corrected chi connectivity index (χ3v) is 5.72. The summed E-state index contributed by atoms with van der Waals surface area (Å²) >= 11 is 0. The summed E-state index contributed by atoms with van der Waals surface area (Å²) in [6.07, 6.45) is 8.24. The van der Waals surface area contributed by atoms with Crippen LogP contribution in [-0.4, -0.2) is 37.1 Å². The standard InChI is InChI=1S/C18H38N2/c1-6-18(4,5)16-10-12-17(13-11-16)19-14-9-15-20(7-2)8-3/h16-17,19H,6-15H2,1-5H3. The SMILES string of the molecule is CCN(CC)CCCNC1CCC(C(C)(C)CC)CC1. The molecule has 0 unspecified atom stereocenters. The van der Waals surface area contributed by atoms with Gasteiger partial charge in [-0.1, -0.05) is 41.0 Å². The highest BCUT2D eigenvalue weighted by Crippen LogP contribution is 2.40. The topological polar surface area (TPSA) is 15.3 Å². The maximum atomic E-state index is 3.79. The first-order valence-electron chi connectivity index (χ1n) is 8.99. The summed E-state index contributed by atoms with van der Waals surface area (Å²) in [4.78, 5) is 2.52. The van der Waals surface area contributed by atoms with Crippen LogP contribution in [0.4, 0.5) is 0 Å². The van der Waals surface area contributed by atoms with Crippen molar-refractivity contribution in [3.8, 4) is 0 Å². The molecule has 0 aromatic rings. The summed E-state index contributed by atoms with van der Waals surface area (Å²) in [6, 6.07) is 0.788. The van der Waals surface area contributed by atoms with E-state index in [1.54, 1.807) is 0 Å². The Kier molecular flexibility index (Phi) is 8.13. The molecule has 1 saturated carbocycles. The van der Waals surface area contributed by atoms with Gasteiger partial charge in [0.1, 0.15) is 0 Å². The number of nitrogens with one attached hydrogen (secondary N) is 1. The zero-order valence-corrected chi connectivity index (χ0v) is 14.7. The minimum absolute atomic E-state index is 0.549. The van der Waals surface area contributed by atoms with E-state index < -0.39 is 0 Å². The largest absolute Gasteiger partial charge is 0.314 e. The predicted molar refractivity (Wildman–Crippen MR) is 90.2 cm³/mol. The van der Waals surface area contributed by atoms with Gasteiger partial charge in [-0.2, -0.15) is 0 Å². The van der Waals surface area contributed by atoms with E-state index in [4.69, 9.17) is 0 Å². The van der Waals surface area contributed by atoms with Gasteiger partial charge >= 0.3 is 0 Å². The zero-order chi connectivity index (χ0) is 15.0. The molecule has 0 bridgehead atoms. The average Bonchev–Trinajstić information content (AvgIpc) is 2.48. The summed E-state index contributed by atoms with van der Waals surface area (Å²) in [5.74, 6) is 0.946. The fraction of sp³-hybridized carbons (Fsp3) is 1.00. The Morgan fingerprint density at radius 1 is 1.00 bits per heavy atom. The Morgan fingerprint density at radius 3 is 2.10 bits per heavy atom. The van der Waals surface area contributed by atoms with Gasteiger partial charge in [-0.3, -0.25) is 0 Å². The molecule has 0 amide bonds. The van der Waals surface area contributed by atoms with Crippen LogP contribution in [0.5, 0.6) is 0 Å². The van der Waals surface area contributed by atoms with E-state index in [2.05, 4.69) is 44.8 Å². The smallest absolute Gasteiger partial charge is 0.00672 e. The maximum Gasteiger partial charge on any atom is 0.00672 e. The summed E-state index contributed by atoms with van der Waals surface area (Å²) in [7, 11) is 0. The number of nitrogens with zero attached hydrogens (tertiary/aromatic N) is 1. The molecule has 1 aliphatic carbocycles. The molecule has 1 N–H and O–H groups in total. The van der Waals surface area contributed by atoms with Gasteiger partial charge in [0.05, 0.1) is 0 Å². The van der Waals surface area contributed by atoms with Gasteiger partial charge in [0.15, 0.2) is 0 Å². The van der Waals surface area contributed by atoms with Crippen molar-refractivity contribution in [1.29, 1.82) is 0 Å². The fourth-order valence-electron chi connectivity index (χ4n) is 3.52. The van der Waals surface area contributed by atoms with Crippen molar-refractivity contribution in [1.82, 2.24) is 10.2 Å². The van der Waals surface area contributed by atoms with E-state index in [0.717, 1.165) is 12.0 Å². The molecule has 20 heavy (non-hydrogen) atoms. The monoisotopic (exact) mass is 282 g/mol. The number of hydrogen-bond donors (Lipinski definition) is 1. The van der Waals surface area contributed by atoms with Crippen molar-refractivity contribution >= 4 is 0 Å². The lowest BCUT2D eigenvalue weighted by Gasteiger charge is -2.39. The lowest BCUT2D eigenvalue weighted by molar-refractivity contribution is 0.137. The molecule has 0 aromatic heterocycles. The van der Waals surface area contributed by atoms with Crippen molar-refractivity contribution < 1.29 is 0 Å². The van der Waals surface area contributed by atoms with E-state index in [0.29, 0.717) is 5.41 Å². The molecular formula is C18H38N2. The first kappa shape index (κ1) is 18.0. The Balaban J connectivity index is 2.14. The fourth-order valence-corrected chi connectivity index (χ4v) is 3.52. The second-order valence-electron chi connectivity index (χ2n) is 7.23. The highest BCUT2D eigenvalue weighted by Gasteiger charge is 2.31. The van der Waals surface area contributed by atoms with Gasteiger partial charge in [0.2, 0.25) is 0 Å². The quantitative estimate of drug-likeness (QED) is 0.634. The van der Waals surface area contributed by atoms with E-state index in [9.17, 15) is 0 Å². The molecule has 0 spiro atoms. The molecule has 1 fully saturated rings. The van der Waals surface area contributed by atoms with Crippen LogP contribution in [0.15, 0.2) is 0 Å². The van der Waals surface area contributed by atoms with Gasteiger partial charge in [-0.05, 0) is 69.6 Å². The first-order chi connectivity index (χ1) is 9.53. The highest BCUT2D eigenvalue weighted by atomic mass is 15.1. The molecule has 0 radical (unpaired) electrons. The molecule has 0 heterocycles. The van der Waals surface area contributed by atoms with Crippen LogP contribution < -0.4 is 5.32 Å². The molecule has 2 heteroatoms. The van der Waals surface area contributed by atoms with Gasteiger partial charge in [0, 0.05) is 6.04 Å². The van der Waals surface area contributed by atoms with E-state index >= 15 is 0 Å². The van der Waals surface area contributed by atoms with Crippen LogP contribution in [0.1, 0.15) is 73.1 Å². The Bertz CT molecular complexity index is 238. The molecule has 0 atom stereocenters. The maximum absolute atomic E-state index is 3.79. The lowest BCUT2D eigenvalue weighted by atomic mass is 9.69. The van der Waals surface area contributed by atoms with Gasteiger partial charge < -0.3 is 10.2 Å². The number of hydrogen-bond acceptors (Lipinski definition) is 2. The lowest BCUT2D eigenvalue weighted by Crippen LogP contribution is -2.38. The van der Waals surface area contributed by atoms with Gasteiger partial charge in [-0.15, -0.1) is 0 Å². The van der Waals surface area contributed by atoms with Crippen molar-refractivity contribution in [2.24, 2.45) is 11.3 Å². The molecule has 0 aromatic carbocycles. The molecule has 2 nitrogen and oxygen atoms in total. The first-order valence-corrected chi connectivity index (χ1v) is 8.99. The van der Waals surface area contributed by atoms with Crippen LogP contribution >= 0.6 is 0 Å². The van der Waals surface area contributed by atoms with Crippen LogP contribution in [0.25, 0.3) is 0 Å². The number of rotatable bonds is 9. The van der Waals surface area contributed by atoms with Gasteiger partial charge in [-0.25, -0.2) is 0 Å². The van der Waals surface area contributed by atoms with Crippen molar-refractivity contribution in [2.75, 3.05) is 26.2 Å². The summed E-state index contributed by atoms with van der Waals surface area (Å²) < 4.78 is 0. The third kappa shape index (κ3) is 5.73. The van der Waals surface area contributed by atoms with Crippen LogP contribution in [0.2, 0.25) is 0 Å². The minimum Gasteiger partial charge on any atom is -0.314 e. The van der Waals surface area contributed by atoms with Crippen molar-refractivity contribution in [3.05, 3.63) is 0 Å². The molecule has 1 rings (SSSR count). The van der Waals surface area contributed by atoms with Crippen LogP contribution in [0.3, 0.4) is 0 Å². The average molecular weight is 283 g/mol. The normalized spacial score (nSPS) is 24.3. The van der Waals surface area contributed by atoms with Crippen LogP contribution in [0, 0.1) is 11.3 Å². The summed E-state index contributed by atoms with van der Waals surface area (Å²) in [5, 5.41) is 3.79. The zero-order valence-electron chi connectivity index (χ0n) is 14.7. The highest BCUT2D eigenvalue weighted by molar-refractivity contribution is 4.84. The Labute approximate surface area is 127 Å². The summed E-state index contributed by atoms with van der Waals surface area (Å²) in [5.41, 5.74) is 0.549. The molecular weight excluding hydrogens is 244 g/mol. The van der Waals surface area contributed by atoms with Crippen molar-refractivity contribution in [3.63, 3.8) is 0 Å². The Hall–Kier alpha value is -0.0800. The third-order valence-electron chi connectivity index (χ3n) is 5.72. The molecule has 120 valence electrons. The summed E-state index contributed by atoms with van der Waals surface area (Å²) in [6.45, 7) is 16.6. The molecule has 0 aliphatic heterocycles. The Morgan fingerprint density at radius 2 is 1.60 bits per heavy atom. The van der Waals surface area contributed by atoms with Gasteiger partial charge in [0.25, 0.3) is 0 Å².